The fourth-order valence-corrected chi connectivity index (χ4v) is 2.93. The Morgan fingerprint density at radius 3 is 1.91 bits per heavy atom. The monoisotopic (exact) mass is 316 g/mol. The molecule has 0 bridgehead atoms. The Kier molecular flexibility index (Phi) is 14.4. The Balaban J connectivity index is 4.11. The first-order valence-electron chi connectivity index (χ1n) is 9.32. The number of hydrogen-bond acceptors (Lipinski definition) is 3. The molecule has 0 spiro atoms. The summed E-state index contributed by atoms with van der Waals surface area (Å²) in [5.41, 5.74) is 0. The van der Waals surface area contributed by atoms with E-state index in [1.807, 2.05) is 0 Å². The van der Waals surface area contributed by atoms with Crippen molar-refractivity contribution in [2.75, 3.05) is 27.4 Å². The van der Waals surface area contributed by atoms with E-state index in [0.29, 0.717) is 5.92 Å². The molecule has 3 heteroatoms. The first-order valence-corrected chi connectivity index (χ1v) is 9.32. The lowest BCUT2D eigenvalue weighted by Gasteiger charge is -2.35. The molecule has 0 saturated heterocycles. The second-order valence-electron chi connectivity index (χ2n) is 6.43. The molecule has 0 heterocycles. The highest BCUT2D eigenvalue weighted by molar-refractivity contribution is 4.75. The molecule has 0 aromatic heterocycles. The summed E-state index contributed by atoms with van der Waals surface area (Å²) < 4.78 is 16.9. The van der Waals surface area contributed by atoms with Crippen LogP contribution >= 0.6 is 0 Å². The minimum atomic E-state index is -0.464. The second-order valence-corrected chi connectivity index (χ2v) is 6.43. The van der Waals surface area contributed by atoms with E-state index in [1.165, 1.54) is 44.9 Å². The van der Waals surface area contributed by atoms with Crippen LogP contribution in [0.5, 0.6) is 0 Å². The van der Waals surface area contributed by atoms with E-state index in [-0.39, 0.29) is 0 Å². The molecule has 0 aliphatic carbocycles. The van der Waals surface area contributed by atoms with Crippen molar-refractivity contribution in [2.45, 2.75) is 90.8 Å². The van der Waals surface area contributed by atoms with Crippen LogP contribution in [-0.4, -0.2) is 33.2 Å². The number of hydrogen-bond donors (Lipinski definition) is 0. The number of unbranched alkanes of at least 4 members (excludes halogenated alkanes) is 5. The third-order valence-electron chi connectivity index (χ3n) is 4.65. The van der Waals surface area contributed by atoms with Gasteiger partial charge in [-0.25, -0.2) is 0 Å². The highest BCUT2D eigenvalue weighted by Crippen LogP contribution is 2.31. The molecule has 0 aliphatic rings. The zero-order valence-corrected chi connectivity index (χ0v) is 15.8. The molecule has 0 saturated carbocycles. The Hall–Kier alpha value is -0.120. The van der Waals surface area contributed by atoms with E-state index in [0.717, 1.165) is 32.5 Å². The van der Waals surface area contributed by atoms with Gasteiger partial charge in [0.05, 0.1) is 0 Å². The lowest BCUT2D eigenvalue weighted by Crippen LogP contribution is -2.39. The van der Waals surface area contributed by atoms with Crippen molar-refractivity contribution in [1.82, 2.24) is 0 Å². The highest BCUT2D eigenvalue weighted by atomic mass is 16.7. The van der Waals surface area contributed by atoms with Gasteiger partial charge in [-0.15, -0.1) is 0 Å². The van der Waals surface area contributed by atoms with Crippen molar-refractivity contribution in [3.05, 3.63) is 0 Å². The van der Waals surface area contributed by atoms with Gasteiger partial charge in [0.15, 0.2) is 5.79 Å². The summed E-state index contributed by atoms with van der Waals surface area (Å²) in [7, 11) is 3.51. The van der Waals surface area contributed by atoms with Gasteiger partial charge in [0.1, 0.15) is 0 Å². The van der Waals surface area contributed by atoms with Crippen LogP contribution in [0.1, 0.15) is 85.0 Å². The average Bonchev–Trinajstić information content (AvgIpc) is 2.55. The quantitative estimate of drug-likeness (QED) is 0.275. The molecule has 22 heavy (non-hydrogen) atoms. The fraction of sp³-hybridized carbons (Fsp3) is 1.00. The van der Waals surface area contributed by atoms with Crippen LogP contribution in [0.15, 0.2) is 0 Å². The summed E-state index contributed by atoms with van der Waals surface area (Å²) in [6, 6.07) is 0. The molecular weight excluding hydrogens is 276 g/mol. The number of rotatable bonds is 16. The smallest absolute Gasteiger partial charge is 0.167 e. The zero-order valence-electron chi connectivity index (χ0n) is 15.8. The molecule has 0 aromatic rings. The molecule has 1 atom stereocenters. The maximum Gasteiger partial charge on any atom is 0.167 e. The van der Waals surface area contributed by atoms with Crippen LogP contribution in [0.4, 0.5) is 0 Å². The van der Waals surface area contributed by atoms with Gasteiger partial charge in [0.25, 0.3) is 0 Å². The van der Waals surface area contributed by atoms with Crippen LogP contribution in [0.25, 0.3) is 0 Å². The molecule has 3 nitrogen and oxygen atoms in total. The molecule has 1 unspecified atom stereocenters. The van der Waals surface area contributed by atoms with Gasteiger partial charge in [-0.1, -0.05) is 52.4 Å². The number of ether oxygens (including phenoxy) is 3. The van der Waals surface area contributed by atoms with Crippen LogP contribution in [0.3, 0.4) is 0 Å². The lowest BCUT2D eigenvalue weighted by molar-refractivity contribution is -0.230. The zero-order chi connectivity index (χ0) is 16.7. The summed E-state index contributed by atoms with van der Waals surface area (Å²) in [4.78, 5) is 0. The first-order chi connectivity index (χ1) is 10.6. The fourth-order valence-electron chi connectivity index (χ4n) is 2.93. The van der Waals surface area contributed by atoms with Crippen molar-refractivity contribution in [3.8, 4) is 0 Å². The molecule has 0 aromatic carbocycles. The standard InChI is InChI=1S/C19H40O3/c1-6-8-9-10-11-12-14-18(19(3,20-4)21-5)15-13-17-22-16-7-2/h18H,6-17H2,1-5H3. The third kappa shape index (κ3) is 9.81. The highest BCUT2D eigenvalue weighted by Gasteiger charge is 2.33. The van der Waals surface area contributed by atoms with Crippen LogP contribution in [0, 0.1) is 5.92 Å². The largest absolute Gasteiger partial charge is 0.381 e. The first kappa shape index (κ1) is 21.9. The van der Waals surface area contributed by atoms with E-state index >= 15 is 0 Å². The molecule has 0 amide bonds. The van der Waals surface area contributed by atoms with Crippen molar-refractivity contribution in [1.29, 1.82) is 0 Å². The van der Waals surface area contributed by atoms with E-state index in [1.54, 1.807) is 14.2 Å². The topological polar surface area (TPSA) is 27.7 Å². The van der Waals surface area contributed by atoms with Gasteiger partial charge < -0.3 is 14.2 Å². The van der Waals surface area contributed by atoms with Crippen LogP contribution in [-0.2, 0) is 14.2 Å². The molecular formula is C19H40O3. The van der Waals surface area contributed by atoms with Gasteiger partial charge in [0, 0.05) is 33.4 Å². The average molecular weight is 317 g/mol. The normalized spacial score (nSPS) is 13.5. The van der Waals surface area contributed by atoms with E-state index in [9.17, 15) is 0 Å². The summed E-state index contributed by atoms with van der Waals surface area (Å²) in [6.45, 7) is 8.20. The Morgan fingerprint density at radius 1 is 0.727 bits per heavy atom. The van der Waals surface area contributed by atoms with E-state index in [2.05, 4.69) is 20.8 Å². The van der Waals surface area contributed by atoms with Crippen molar-refractivity contribution in [3.63, 3.8) is 0 Å². The van der Waals surface area contributed by atoms with Crippen molar-refractivity contribution in [2.24, 2.45) is 5.92 Å². The van der Waals surface area contributed by atoms with Gasteiger partial charge in [-0.3, -0.25) is 0 Å². The van der Waals surface area contributed by atoms with E-state index < -0.39 is 5.79 Å². The van der Waals surface area contributed by atoms with Crippen molar-refractivity contribution >= 4 is 0 Å². The predicted molar refractivity (Wildman–Crippen MR) is 94.3 cm³/mol. The van der Waals surface area contributed by atoms with Gasteiger partial charge in [0.2, 0.25) is 0 Å². The summed E-state index contributed by atoms with van der Waals surface area (Å²) in [5, 5.41) is 0. The predicted octanol–water partition coefficient (Wildman–Crippen LogP) is 5.57. The molecule has 0 N–H and O–H groups in total. The maximum absolute atomic E-state index is 5.66. The molecule has 0 fully saturated rings. The minimum absolute atomic E-state index is 0.443. The van der Waals surface area contributed by atoms with Crippen molar-refractivity contribution < 1.29 is 14.2 Å². The van der Waals surface area contributed by atoms with Crippen LogP contribution < -0.4 is 0 Å². The SMILES string of the molecule is CCCCCCCCC(CCCOCCC)C(C)(OC)OC. The Bertz CT molecular complexity index is 227. The third-order valence-corrected chi connectivity index (χ3v) is 4.65. The maximum atomic E-state index is 5.66. The summed E-state index contributed by atoms with van der Waals surface area (Å²) >= 11 is 0. The lowest BCUT2D eigenvalue weighted by atomic mass is 9.88. The van der Waals surface area contributed by atoms with Gasteiger partial charge >= 0.3 is 0 Å². The molecule has 0 aliphatic heterocycles. The molecule has 0 radical (unpaired) electrons. The summed E-state index contributed by atoms with van der Waals surface area (Å²) in [5.74, 6) is -0.0207. The molecule has 0 rings (SSSR count). The second kappa shape index (κ2) is 14.5. The van der Waals surface area contributed by atoms with Gasteiger partial charge in [-0.05, 0) is 32.6 Å². The minimum Gasteiger partial charge on any atom is -0.381 e. The summed E-state index contributed by atoms with van der Waals surface area (Å²) in [6.07, 6.45) is 12.5. The van der Waals surface area contributed by atoms with E-state index in [4.69, 9.17) is 14.2 Å². The Labute approximate surface area is 139 Å². The van der Waals surface area contributed by atoms with Gasteiger partial charge in [-0.2, -0.15) is 0 Å². The molecule has 134 valence electrons. The Morgan fingerprint density at radius 2 is 1.32 bits per heavy atom. The van der Waals surface area contributed by atoms with Crippen LogP contribution in [0.2, 0.25) is 0 Å². The number of methoxy groups -OCH3 is 2.